The third-order valence-corrected chi connectivity index (χ3v) is 3.07. The van der Waals surface area contributed by atoms with Gasteiger partial charge >= 0.3 is 0 Å². The first kappa shape index (κ1) is 8.68. The smallest absolute Gasteiger partial charge is 0.0628 e. The van der Waals surface area contributed by atoms with Gasteiger partial charge in [0.05, 0.1) is 10.0 Å². The van der Waals surface area contributed by atoms with Crippen LogP contribution in [0.25, 0.3) is 0 Å². The minimum Gasteiger partial charge on any atom is -0.0843 e. The van der Waals surface area contributed by atoms with E-state index >= 15 is 0 Å². The van der Waals surface area contributed by atoms with E-state index in [1.165, 1.54) is 12.8 Å². The molecule has 0 aromatic heterocycles. The molecule has 0 heterocycles. The first-order valence-corrected chi connectivity index (χ1v) is 4.96. The summed E-state index contributed by atoms with van der Waals surface area (Å²) in [6, 6.07) is 3.59. The Kier molecular flexibility index (Phi) is 2.24. The summed E-state index contributed by atoms with van der Waals surface area (Å²) in [5.41, 5.74) is 1.11. The molecule has 1 saturated carbocycles. The summed E-state index contributed by atoms with van der Waals surface area (Å²) >= 11 is 17.7. The van der Waals surface area contributed by atoms with Crippen molar-refractivity contribution in [2.45, 2.75) is 18.8 Å². The normalized spacial score (nSPS) is 16.6. The molecule has 1 aliphatic carbocycles. The van der Waals surface area contributed by atoms with Crippen molar-refractivity contribution in [3.63, 3.8) is 0 Å². The van der Waals surface area contributed by atoms with Crippen LogP contribution >= 0.6 is 34.8 Å². The lowest BCUT2D eigenvalue weighted by molar-refractivity contribution is 1.13. The van der Waals surface area contributed by atoms with Crippen LogP contribution in [0.5, 0.6) is 0 Å². The van der Waals surface area contributed by atoms with Gasteiger partial charge in [-0.15, -0.1) is 0 Å². The molecule has 0 nitrogen and oxygen atoms in total. The quantitative estimate of drug-likeness (QED) is 0.612. The lowest BCUT2D eigenvalue weighted by Gasteiger charge is -2.04. The van der Waals surface area contributed by atoms with Gasteiger partial charge in [0, 0.05) is 5.02 Å². The number of hydrogen-bond donors (Lipinski definition) is 0. The molecule has 0 radical (unpaired) electrons. The van der Waals surface area contributed by atoms with E-state index in [-0.39, 0.29) is 0 Å². The third kappa shape index (κ3) is 1.56. The van der Waals surface area contributed by atoms with Gasteiger partial charge in [-0.25, -0.2) is 0 Å². The topological polar surface area (TPSA) is 0 Å². The van der Waals surface area contributed by atoms with Crippen molar-refractivity contribution < 1.29 is 0 Å². The van der Waals surface area contributed by atoms with Crippen molar-refractivity contribution in [2.75, 3.05) is 0 Å². The second-order valence-corrected chi connectivity index (χ2v) is 4.29. The Morgan fingerprint density at radius 3 is 2.33 bits per heavy atom. The molecular weight excluding hydrogens is 214 g/mol. The van der Waals surface area contributed by atoms with Crippen molar-refractivity contribution in [1.82, 2.24) is 0 Å². The molecule has 1 aromatic carbocycles. The first-order valence-electron chi connectivity index (χ1n) is 3.83. The number of halogens is 3. The zero-order chi connectivity index (χ0) is 8.72. The predicted molar refractivity (Wildman–Crippen MR) is 53.4 cm³/mol. The maximum absolute atomic E-state index is 6.01. The number of hydrogen-bond acceptors (Lipinski definition) is 0. The highest BCUT2D eigenvalue weighted by molar-refractivity contribution is 6.43. The molecule has 1 aromatic rings. The van der Waals surface area contributed by atoms with Gasteiger partial charge in [-0.2, -0.15) is 0 Å². The molecule has 0 saturated heterocycles. The van der Waals surface area contributed by atoms with Crippen molar-refractivity contribution in [2.24, 2.45) is 0 Å². The number of rotatable bonds is 1. The molecule has 0 bridgehead atoms. The molecule has 12 heavy (non-hydrogen) atoms. The van der Waals surface area contributed by atoms with E-state index in [0.717, 1.165) is 5.56 Å². The molecule has 2 rings (SSSR count). The maximum Gasteiger partial charge on any atom is 0.0628 e. The van der Waals surface area contributed by atoms with Crippen LogP contribution in [0.15, 0.2) is 12.1 Å². The summed E-state index contributed by atoms with van der Waals surface area (Å²) < 4.78 is 0. The largest absolute Gasteiger partial charge is 0.0843 e. The lowest BCUT2D eigenvalue weighted by atomic mass is 10.1. The molecule has 0 amide bonds. The van der Waals surface area contributed by atoms with Crippen LogP contribution in [-0.4, -0.2) is 0 Å². The van der Waals surface area contributed by atoms with E-state index in [4.69, 9.17) is 34.8 Å². The Morgan fingerprint density at radius 1 is 1.08 bits per heavy atom. The fourth-order valence-electron chi connectivity index (χ4n) is 1.27. The fraction of sp³-hybridized carbons (Fsp3) is 0.333. The van der Waals surface area contributed by atoms with Gasteiger partial charge in [-0.05, 0) is 36.5 Å². The molecule has 3 heteroatoms. The van der Waals surface area contributed by atoms with Gasteiger partial charge in [-0.3, -0.25) is 0 Å². The summed E-state index contributed by atoms with van der Waals surface area (Å²) in [6.07, 6.45) is 2.41. The van der Waals surface area contributed by atoms with Gasteiger partial charge in [-0.1, -0.05) is 34.8 Å². The summed E-state index contributed by atoms with van der Waals surface area (Å²) in [6.45, 7) is 0. The van der Waals surface area contributed by atoms with Gasteiger partial charge in [0.25, 0.3) is 0 Å². The van der Waals surface area contributed by atoms with Crippen LogP contribution in [0.2, 0.25) is 15.1 Å². The second-order valence-electron chi connectivity index (χ2n) is 3.07. The molecule has 64 valence electrons. The van der Waals surface area contributed by atoms with E-state index in [1.807, 2.05) is 6.07 Å². The van der Waals surface area contributed by atoms with Gasteiger partial charge < -0.3 is 0 Å². The predicted octanol–water partition coefficient (Wildman–Crippen LogP) is 4.52. The average molecular weight is 222 g/mol. The molecule has 0 atom stereocenters. The maximum atomic E-state index is 6.01. The highest BCUT2D eigenvalue weighted by atomic mass is 35.5. The summed E-state index contributed by atoms with van der Waals surface area (Å²) in [5, 5.41) is 1.90. The van der Waals surface area contributed by atoms with E-state index in [9.17, 15) is 0 Å². The lowest BCUT2D eigenvalue weighted by Crippen LogP contribution is -1.82. The van der Waals surface area contributed by atoms with Crippen molar-refractivity contribution in [3.05, 3.63) is 32.8 Å². The Labute approximate surface area is 86.4 Å². The van der Waals surface area contributed by atoms with Crippen molar-refractivity contribution >= 4 is 34.8 Å². The Morgan fingerprint density at radius 2 is 1.75 bits per heavy atom. The monoisotopic (exact) mass is 220 g/mol. The van der Waals surface area contributed by atoms with Gasteiger partial charge in [0.15, 0.2) is 0 Å². The molecule has 0 spiro atoms. The van der Waals surface area contributed by atoms with Gasteiger partial charge in [0.2, 0.25) is 0 Å². The summed E-state index contributed by atoms with van der Waals surface area (Å²) in [4.78, 5) is 0. The molecule has 1 fully saturated rings. The van der Waals surface area contributed by atoms with Crippen LogP contribution < -0.4 is 0 Å². The minimum atomic E-state index is 0.561. The Balaban J connectivity index is 2.51. The van der Waals surface area contributed by atoms with Crippen LogP contribution in [-0.2, 0) is 0 Å². The summed E-state index contributed by atoms with van der Waals surface area (Å²) in [7, 11) is 0. The van der Waals surface area contributed by atoms with Gasteiger partial charge in [0.1, 0.15) is 0 Å². The van der Waals surface area contributed by atoms with E-state index < -0.39 is 0 Å². The third-order valence-electron chi connectivity index (χ3n) is 2.04. The van der Waals surface area contributed by atoms with E-state index in [0.29, 0.717) is 21.0 Å². The molecule has 1 aliphatic rings. The highest BCUT2D eigenvalue weighted by Gasteiger charge is 2.26. The Bertz CT molecular complexity index is 316. The zero-order valence-corrected chi connectivity index (χ0v) is 8.55. The minimum absolute atomic E-state index is 0.561. The highest BCUT2D eigenvalue weighted by Crippen LogP contribution is 2.46. The molecule has 0 N–H and O–H groups in total. The van der Waals surface area contributed by atoms with Crippen LogP contribution in [0.1, 0.15) is 24.3 Å². The zero-order valence-electron chi connectivity index (χ0n) is 6.28. The molecule has 0 aliphatic heterocycles. The molecular formula is C9H7Cl3. The summed E-state index contributed by atoms with van der Waals surface area (Å²) in [5.74, 6) is 0.591. The van der Waals surface area contributed by atoms with Crippen LogP contribution in [0, 0.1) is 0 Å². The van der Waals surface area contributed by atoms with E-state index in [1.54, 1.807) is 6.07 Å². The number of benzene rings is 1. The Hall–Kier alpha value is 0.0900. The standard InChI is InChI=1S/C9H7Cl3/c10-6-3-7(5-1-2-5)9(12)8(11)4-6/h3-5H,1-2H2. The van der Waals surface area contributed by atoms with Crippen LogP contribution in [0.3, 0.4) is 0 Å². The van der Waals surface area contributed by atoms with Crippen molar-refractivity contribution in [1.29, 1.82) is 0 Å². The SMILES string of the molecule is Clc1cc(Cl)c(Cl)c(C2CC2)c1. The molecule has 0 unspecified atom stereocenters. The second kappa shape index (κ2) is 3.10. The fourth-order valence-corrected chi connectivity index (χ4v) is 2.04. The van der Waals surface area contributed by atoms with E-state index in [2.05, 4.69) is 0 Å². The average Bonchev–Trinajstić information content (AvgIpc) is 2.79. The van der Waals surface area contributed by atoms with Crippen LogP contribution in [0.4, 0.5) is 0 Å². The van der Waals surface area contributed by atoms with Crippen molar-refractivity contribution in [3.8, 4) is 0 Å². The first-order chi connectivity index (χ1) is 5.68.